The molecule has 2 heterocycles. The third kappa shape index (κ3) is 31.1. The van der Waals surface area contributed by atoms with Gasteiger partial charge in [-0.2, -0.15) is 0 Å². The molecule has 0 aliphatic carbocycles. The highest BCUT2D eigenvalue weighted by atomic mass is 33.1. The second-order valence-electron chi connectivity index (χ2n) is 31.5. The van der Waals surface area contributed by atoms with Crippen molar-refractivity contribution >= 4 is 104 Å². The van der Waals surface area contributed by atoms with E-state index in [1.54, 1.807) is 60.7 Å². The molecule has 4 aromatic carbocycles. The van der Waals surface area contributed by atoms with E-state index in [4.69, 9.17) is 11.5 Å². The van der Waals surface area contributed by atoms with Gasteiger partial charge in [-0.05, 0) is 122 Å². The lowest BCUT2D eigenvalue weighted by Gasteiger charge is -2.31. The van der Waals surface area contributed by atoms with Crippen LogP contribution in [0.3, 0.4) is 0 Å². The number of carbonyl (C=O) groups excluding carboxylic acids is 12. The van der Waals surface area contributed by atoms with Crippen LogP contribution in [0.5, 0.6) is 11.5 Å². The highest BCUT2D eigenvalue weighted by molar-refractivity contribution is 8.76. The SMILES string of the molecule is CC(C)C[C@H](NC(=O)[C@@H](N)CC(C)C)C(=O)N[C@@H](Cc1ccc(O)cc1)C(=O)N[C@@H](CO)C(=O)N1CCC[C@H]1C(=O)N[C@@H](CSSC[C@H](NC(=O)[C@@H]1CCCN1C(=O)[C@H](CO)NC(=O)[C@H](Cc1ccc(O)cc1)NC(=O)[C@H](CC(C)C)NC(=O)[C@@H](N)CC(C)C)C(=O)N[C@@H](Cc1ccccc1)C(=O)O)C(=O)N[C@@H](Cc1ccccc1)C(=O)O. The van der Waals surface area contributed by atoms with Crippen LogP contribution in [0.1, 0.15) is 129 Å². The van der Waals surface area contributed by atoms with E-state index in [0.717, 1.165) is 31.4 Å². The van der Waals surface area contributed by atoms with E-state index >= 15 is 0 Å². The molecule has 0 spiro atoms. The van der Waals surface area contributed by atoms with Crippen LogP contribution in [0.15, 0.2) is 109 Å². The lowest BCUT2D eigenvalue weighted by Crippen LogP contribution is -2.61. The number of phenolic OH excluding ortho intramolecular Hbond substituents is 2. The summed E-state index contributed by atoms with van der Waals surface area (Å²) in [7, 11) is 1.69. The number of carboxylic acid groups (broad SMARTS) is 2. The fourth-order valence-electron chi connectivity index (χ4n) is 13.6. The van der Waals surface area contributed by atoms with Crippen LogP contribution < -0.4 is 64.6 Å². The molecule has 20 N–H and O–H groups in total. The molecule has 12 amide bonds. The van der Waals surface area contributed by atoms with E-state index in [0.29, 0.717) is 35.1 Å². The first-order chi connectivity index (χ1) is 55.9. The highest BCUT2D eigenvalue weighted by Crippen LogP contribution is 2.27. The molecule has 0 radical (unpaired) electrons. The second-order valence-corrected chi connectivity index (χ2v) is 34.0. The predicted molar refractivity (Wildman–Crippen MR) is 441 cm³/mol. The van der Waals surface area contributed by atoms with Crippen molar-refractivity contribution in [3.63, 3.8) is 0 Å². The molecule has 6 rings (SSSR count). The summed E-state index contributed by atoms with van der Waals surface area (Å²) in [5, 5.41) is 88.8. The number of carbonyl (C=O) groups is 14. The van der Waals surface area contributed by atoms with Crippen LogP contribution in [0.4, 0.5) is 0 Å². The Balaban J connectivity index is 1.24. The number of aromatic hydroxyl groups is 2. The summed E-state index contributed by atoms with van der Waals surface area (Å²) in [6.45, 7) is 12.5. The molecule has 2 fully saturated rings. The highest BCUT2D eigenvalue weighted by Gasteiger charge is 2.43. The quantitative estimate of drug-likeness (QED) is 0.0212. The zero-order valence-corrected chi connectivity index (χ0v) is 69.4. The molecule has 0 saturated carbocycles. The van der Waals surface area contributed by atoms with Crippen LogP contribution in [0.25, 0.3) is 0 Å². The average molecular weight is 1680 g/mol. The van der Waals surface area contributed by atoms with Crippen molar-refractivity contribution in [1.29, 1.82) is 0 Å². The molecule has 2 aliphatic heterocycles. The zero-order chi connectivity index (χ0) is 87.0. The zero-order valence-electron chi connectivity index (χ0n) is 67.8. The van der Waals surface area contributed by atoms with Gasteiger partial charge in [-0.15, -0.1) is 0 Å². The Morgan fingerprint density at radius 3 is 0.932 bits per heavy atom. The maximum atomic E-state index is 14.8. The van der Waals surface area contributed by atoms with Crippen molar-refractivity contribution in [2.75, 3.05) is 37.8 Å². The van der Waals surface area contributed by atoms with Crippen molar-refractivity contribution in [2.45, 2.75) is 217 Å². The largest absolute Gasteiger partial charge is 0.508 e. The fraction of sp³-hybridized carbons (Fsp3) is 0.537. The van der Waals surface area contributed by atoms with Gasteiger partial charge < -0.3 is 105 Å². The monoisotopic (exact) mass is 1680 g/mol. The summed E-state index contributed by atoms with van der Waals surface area (Å²) in [5.41, 5.74) is 14.3. The summed E-state index contributed by atoms with van der Waals surface area (Å²) in [6, 6.07) is 8.02. The predicted octanol–water partition coefficient (Wildman–Crippen LogP) is 0.573. The van der Waals surface area contributed by atoms with Crippen molar-refractivity contribution in [2.24, 2.45) is 35.1 Å². The van der Waals surface area contributed by atoms with Gasteiger partial charge in [-0.25, -0.2) is 9.59 Å². The number of likely N-dealkylation sites (tertiary alicyclic amines) is 2. The van der Waals surface area contributed by atoms with Gasteiger partial charge in [0.1, 0.15) is 84.0 Å². The first kappa shape index (κ1) is 96.4. The molecule has 36 heteroatoms. The number of nitrogens with two attached hydrogens (primary N) is 2. The molecule has 0 aromatic heterocycles. The van der Waals surface area contributed by atoms with Gasteiger partial charge in [0, 0.05) is 50.3 Å². The molecule has 2 aliphatic rings. The number of aliphatic hydroxyl groups is 2. The normalized spacial score (nSPS) is 17.1. The second kappa shape index (κ2) is 47.9. The lowest BCUT2D eigenvalue weighted by molar-refractivity contribution is -0.144. The third-order valence-corrected chi connectivity index (χ3v) is 22.1. The van der Waals surface area contributed by atoms with Gasteiger partial charge in [-0.3, -0.25) is 57.5 Å². The standard InChI is InChI=1S/C82H116N14O20S2/c1-45(2)33-55(83)69(101)85-57(35-47(5)6)71(103)87-59(37-51-23-27-53(99)28-24-51)73(105)91-63(41-97)79(111)95-31-15-21-67(95)77(109)93-65(75(107)89-61(81(113)114)39-49-17-11-9-12-18-49)43-117-118-44-66(76(108)90-62(82(115)116)40-50-19-13-10-14-20-50)94-78(110)68-22-16-32-96(68)80(112)64(42-98)92-74(106)60(38-52-25-29-54(100)30-26-52)88-72(104)58(36-48(7)8)86-70(102)56(84)34-46(3)4/h9-14,17-20,23-30,45-48,55-68,97-100H,15-16,21-22,31-44,83-84H2,1-8H3,(H,85,101)(H,86,102)(H,87,103)(H,88,104)(H,89,107)(H,90,108)(H,91,105)(H,92,106)(H,93,109)(H,94,110)(H,113,114)(H,115,116)/t55-,56-,57-,58-,59-,60-,61-,62-,63-,64-,65-,66-,67-,68-/m0/s1. The molecule has 4 aromatic rings. The molecule has 118 heavy (non-hydrogen) atoms. The summed E-state index contributed by atoms with van der Waals surface area (Å²) in [6.07, 6.45) is 0.341. The van der Waals surface area contributed by atoms with Crippen molar-refractivity contribution < 1.29 is 97.8 Å². The molecule has 2 saturated heterocycles. The minimum atomic E-state index is -1.75. The van der Waals surface area contributed by atoms with Gasteiger partial charge in [0.05, 0.1) is 25.3 Å². The molecule has 14 atom stereocenters. The van der Waals surface area contributed by atoms with Crippen molar-refractivity contribution in [3.8, 4) is 11.5 Å². The molecular weight excluding hydrogens is 1570 g/mol. The van der Waals surface area contributed by atoms with Gasteiger partial charge >= 0.3 is 11.9 Å². The number of aliphatic carboxylic acids is 2. The number of benzene rings is 4. The first-order valence-electron chi connectivity index (χ1n) is 39.7. The number of amides is 12. The Morgan fingerprint density at radius 1 is 0.356 bits per heavy atom. The Hall–Kier alpha value is -10.4. The number of phenols is 2. The number of hydrogen-bond acceptors (Lipinski definition) is 22. The smallest absolute Gasteiger partial charge is 0.326 e. The number of carboxylic acids is 2. The Bertz CT molecular complexity index is 3780. The maximum absolute atomic E-state index is 14.8. The number of hydrogen-bond donors (Lipinski definition) is 18. The van der Waals surface area contributed by atoms with Crippen LogP contribution in [0, 0.1) is 23.7 Å². The third-order valence-electron chi connectivity index (χ3n) is 19.7. The van der Waals surface area contributed by atoms with E-state index < -0.39 is 192 Å². The Morgan fingerprint density at radius 2 is 0.627 bits per heavy atom. The Kier molecular flexibility index (Phi) is 39.1. The fourth-order valence-corrected chi connectivity index (χ4v) is 15.9. The lowest BCUT2D eigenvalue weighted by atomic mass is 9.99. The maximum Gasteiger partial charge on any atom is 0.326 e. The number of rotatable bonds is 47. The number of nitrogens with zero attached hydrogens (tertiary/aromatic N) is 2. The van der Waals surface area contributed by atoms with Gasteiger partial charge in [0.25, 0.3) is 0 Å². The number of nitrogens with one attached hydrogen (secondary N) is 10. The van der Waals surface area contributed by atoms with Crippen LogP contribution in [-0.2, 0) is 92.8 Å². The molecule has 0 unspecified atom stereocenters. The number of aliphatic hydroxyl groups excluding tert-OH is 2. The average Bonchev–Trinajstić information content (AvgIpc) is 1.65. The van der Waals surface area contributed by atoms with Gasteiger partial charge in [0.15, 0.2) is 0 Å². The summed E-state index contributed by atoms with van der Waals surface area (Å²) < 4.78 is 0. The van der Waals surface area contributed by atoms with Crippen molar-refractivity contribution in [1.82, 2.24) is 63.0 Å². The van der Waals surface area contributed by atoms with Gasteiger partial charge in [-0.1, -0.05) is 162 Å². The van der Waals surface area contributed by atoms with Crippen molar-refractivity contribution in [3.05, 3.63) is 131 Å². The van der Waals surface area contributed by atoms with Gasteiger partial charge in [0.2, 0.25) is 70.9 Å². The van der Waals surface area contributed by atoms with E-state index in [2.05, 4.69) is 53.2 Å². The summed E-state index contributed by atoms with van der Waals surface area (Å²) in [5.74, 6) is -14.6. The molecular formula is C82H116N14O20S2. The van der Waals surface area contributed by atoms with E-state index in [9.17, 15) is 97.8 Å². The molecule has 646 valence electrons. The Labute approximate surface area is 694 Å². The molecule has 34 nitrogen and oxygen atoms in total. The van der Waals surface area contributed by atoms with E-state index in [-0.39, 0.29) is 112 Å². The minimum Gasteiger partial charge on any atom is -0.508 e. The summed E-state index contributed by atoms with van der Waals surface area (Å²) >= 11 is 0. The first-order valence-corrected chi connectivity index (χ1v) is 42.2. The van der Waals surface area contributed by atoms with E-state index in [1.165, 1.54) is 48.5 Å². The van der Waals surface area contributed by atoms with Crippen LogP contribution in [0.2, 0.25) is 0 Å². The topological polar surface area (TPSA) is 539 Å². The minimum absolute atomic E-state index is 0.0218. The van der Waals surface area contributed by atoms with E-state index in [1.807, 2.05) is 55.4 Å². The van der Waals surface area contributed by atoms with Crippen LogP contribution in [-0.4, -0.2) is 246 Å². The summed E-state index contributed by atoms with van der Waals surface area (Å²) in [4.78, 5) is 200. The molecule has 0 bridgehead atoms. The van der Waals surface area contributed by atoms with Crippen LogP contribution >= 0.6 is 21.6 Å².